The van der Waals surface area contributed by atoms with Gasteiger partial charge in [-0.25, -0.2) is 0 Å². The molecule has 1 aliphatic carbocycles. The van der Waals surface area contributed by atoms with Gasteiger partial charge in [-0.3, -0.25) is 9.59 Å². The van der Waals surface area contributed by atoms with Crippen LogP contribution in [0.3, 0.4) is 0 Å². The third-order valence-electron chi connectivity index (χ3n) is 12.6. The zero-order chi connectivity index (χ0) is 47.9. The third kappa shape index (κ3) is 25.9. The first kappa shape index (κ1) is 57.8. The van der Waals surface area contributed by atoms with E-state index in [1.54, 1.807) is 6.92 Å². The summed E-state index contributed by atoms with van der Waals surface area (Å²) >= 11 is 0. The zero-order valence-electron chi connectivity index (χ0n) is 43.5. The van der Waals surface area contributed by atoms with Gasteiger partial charge < -0.3 is 9.47 Å². The van der Waals surface area contributed by atoms with Gasteiger partial charge in [0.2, 0.25) is 23.1 Å². The molecule has 1 rings (SSSR count). The van der Waals surface area contributed by atoms with E-state index in [0.717, 1.165) is 96.3 Å². The molecule has 0 aromatic rings. The fourth-order valence-corrected chi connectivity index (χ4v) is 7.69. The van der Waals surface area contributed by atoms with Gasteiger partial charge in [0.1, 0.15) is 0 Å². The molecule has 0 atom stereocenters. The molecule has 1 aliphatic rings. The van der Waals surface area contributed by atoms with Gasteiger partial charge in [-0.2, -0.15) is 0 Å². The Kier molecular flexibility index (Phi) is 30.9. The highest BCUT2D eigenvalue weighted by Gasteiger charge is 2.34. The highest BCUT2D eigenvalue weighted by atomic mass is 16.5. The lowest BCUT2D eigenvalue weighted by molar-refractivity contribution is -0.121. The van der Waals surface area contributed by atoms with Gasteiger partial charge in [0.25, 0.3) is 0 Å². The topological polar surface area (TPSA) is 52.6 Å². The molecular formula is C60H92O4. The van der Waals surface area contributed by atoms with Crippen LogP contribution in [0.25, 0.3) is 0 Å². The predicted molar refractivity (Wildman–Crippen MR) is 279 cm³/mol. The monoisotopic (exact) mass is 877 g/mol. The molecule has 0 saturated heterocycles. The van der Waals surface area contributed by atoms with Crippen molar-refractivity contribution in [2.24, 2.45) is 0 Å². The van der Waals surface area contributed by atoms with Crippen molar-refractivity contribution in [1.29, 1.82) is 0 Å². The number of methoxy groups -OCH3 is 2. The second-order valence-electron chi connectivity index (χ2n) is 18.7. The fourth-order valence-electron chi connectivity index (χ4n) is 7.69. The summed E-state index contributed by atoms with van der Waals surface area (Å²) in [5, 5.41) is 0. The highest BCUT2D eigenvalue weighted by Crippen LogP contribution is 2.28. The Morgan fingerprint density at radius 3 is 0.812 bits per heavy atom. The largest absolute Gasteiger partial charge is 0.489 e. The average Bonchev–Trinajstić information content (AvgIpc) is 3.24. The molecule has 4 nitrogen and oxygen atoms in total. The molecular weight excluding hydrogens is 785 g/mol. The summed E-state index contributed by atoms with van der Waals surface area (Å²) < 4.78 is 10.3. The quantitative estimate of drug-likeness (QED) is 0.0499. The summed E-state index contributed by atoms with van der Waals surface area (Å²) in [4.78, 5) is 25.5. The van der Waals surface area contributed by atoms with Crippen molar-refractivity contribution in [3.05, 3.63) is 139 Å². The predicted octanol–water partition coefficient (Wildman–Crippen LogP) is 18.2. The van der Waals surface area contributed by atoms with E-state index < -0.39 is 0 Å². The van der Waals surface area contributed by atoms with Crippen molar-refractivity contribution in [2.75, 3.05) is 14.2 Å². The Bertz CT molecular complexity index is 1870. The second kappa shape index (κ2) is 34.2. The Morgan fingerprint density at radius 1 is 0.359 bits per heavy atom. The van der Waals surface area contributed by atoms with Crippen LogP contribution in [0.1, 0.15) is 212 Å². The van der Waals surface area contributed by atoms with Crippen LogP contribution in [0.2, 0.25) is 0 Å². The fraction of sp³-hybridized carbons (Fsp3) is 0.567. The van der Waals surface area contributed by atoms with Gasteiger partial charge in [0.05, 0.1) is 14.2 Å². The molecule has 0 saturated carbocycles. The molecule has 0 aliphatic heterocycles. The molecule has 0 amide bonds. The van der Waals surface area contributed by atoms with Crippen LogP contribution in [0.5, 0.6) is 0 Å². The Balaban J connectivity index is 2.30. The number of carbonyl (C=O) groups is 2. The molecule has 0 spiro atoms. The SMILES string of the molecule is CC/C(C)=C/CC/C(C)=C/CC/C(C)=C/CC/C(C)=C/CC/C(C)=C/CC/C(C)=C/CC/C(C)=C/CC/C(C)=C/CC/C(C)=C/CC/C(C)=C/CC1=C(C)C(=O)C(OC)=C(OC)C1=O. The molecule has 0 radical (unpaired) electrons. The molecule has 4 heteroatoms. The minimum atomic E-state index is -0.284. The summed E-state index contributed by atoms with van der Waals surface area (Å²) in [5.41, 5.74) is 15.6. The maximum Gasteiger partial charge on any atom is 0.228 e. The van der Waals surface area contributed by atoms with E-state index in [-0.39, 0.29) is 23.1 Å². The maximum atomic E-state index is 12.9. The van der Waals surface area contributed by atoms with Crippen LogP contribution in [-0.2, 0) is 19.1 Å². The van der Waals surface area contributed by atoms with Crippen molar-refractivity contribution >= 4 is 11.6 Å². The van der Waals surface area contributed by atoms with E-state index >= 15 is 0 Å². The van der Waals surface area contributed by atoms with E-state index in [1.165, 1.54) is 95.6 Å². The van der Waals surface area contributed by atoms with Gasteiger partial charge >= 0.3 is 0 Å². The first-order valence-electron chi connectivity index (χ1n) is 24.7. The van der Waals surface area contributed by atoms with E-state index in [2.05, 4.69) is 137 Å². The van der Waals surface area contributed by atoms with Gasteiger partial charge in [0.15, 0.2) is 0 Å². The smallest absolute Gasteiger partial charge is 0.228 e. The minimum Gasteiger partial charge on any atom is -0.489 e. The number of hydrogen-bond donors (Lipinski definition) is 0. The van der Waals surface area contributed by atoms with Crippen LogP contribution in [0, 0.1) is 0 Å². The number of ketones is 2. The van der Waals surface area contributed by atoms with Crippen molar-refractivity contribution in [3.8, 4) is 0 Å². The van der Waals surface area contributed by atoms with Crippen molar-refractivity contribution in [3.63, 3.8) is 0 Å². The van der Waals surface area contributed by atoms with Crippen LogP contribution in [-0.4, -0.2) is 25.8 Å². The number of allylic oxidation sites excluding steroid dienone is 22. The van der Waals surface area contributed by atoms with Gasteiger partial charge in [-0.15, -0.1) is 0 Å². The first-order chi connectivity index (χ1) is 30.5. The van der Waals surface area contributed by atoms with Gasteiger partial charge in [-0.1, -0.05) is 123 Å². The summed E-state index contributed by atoms with van der Waals surface area (Å²) in [6.45, 7) is 26.5. The highest BCUT2D eigenvalue weighted by molar-refractivity contribution is 6.23. The van der Waals surface area contributed by atoms with Crippen LogP contribution in [0.4, 0.5) is 0 Å². The van der Waals surface area contributed by atoms with E-state index in [4.69, 9.17) is 9.47 Å². The van der Waals surface area contributed by atoms with Gasteiger partial charge in [0, 0.05) is 11.1 Å². The second-order valence-corrected chi connectivity index (χ2v) is 18.7. The molecule has 0 fully saturated rings. The summed E-state index contributed by atoms with van der Waals surface area (Å²) in [5.74, 6) is -0.571. The molecule has 0 N–H and O–H groups in total. The molecule has 64 heavy (non-hydrogen) atoms. The molecule has 0 unspecified atom stereocenters. The standard InChI is InChI=1S/C60H92O4/c1-15-45(2)25-16-26-46(3)27-17-28-47(4)29-18-30-48(5)31-19-32-49(6)33-20-34-50(7)35-21-36-51(8)37-22-38-52(9)39-23-40-53(10)41-24-42-54(11)43-44-56-55(12)57(61)59(63-13)60(64-14)58(56)62/h25,27,29,31,33,35,37,39,41,43H,15-24,26,28,30,32,34,36,38,40,42,44H2,1-14H3/b45-25+,46-27+,47-29+,48-31+,49-33+,50-35+,51-37+,52-39+,53-41+,54-43+. The molecule has 0 aromatic carbocycles. The number of hydrogen-bond acceptors (Lipinski definition) is 4. The normalized spacial score (nSPS) is 16.2. The van der Waals surface area contributed by atoms with Crippen molar-refractivity contribution in [2.45, 2.75) is 212 Å². The van der Waals surface area contributed by atoms with Crippen LogP contribution < -0.4 is 0 Å². The summed E-state index contributed by atoms with van der Waals surface area (Å²) in [6, 6.07) is 0. The minimum absolute atomic E-state index is 0.00657. The lowest BCUT2D eigenvalue weighted by Gasteiger charge is -2.19. The molecule has 0 bridgehead atoms. The lowest BCUT2D eigenvalue weighted by atomic mass is 9.90. The molecule has 356 valence electrons. The first-order valence-corrected chi connectivity index (χ1v) is 24.7. The Labute approximate surface area is 394 Å². The number of Topliss-reactive ketones (excluding diaryl/α,β-unsaturated/α-hetero) is 2. The van der Waals surface area contributed by atoms with E-state index in [9.17, 15) is 9.59 Å². The average molecular weight is 877 g/mol. The Hall–Kier alpha value is -4.18. The zero-order valence-corrected chi connectivity index (χ0v) is 43.5. The van der Waals surface area contributed by atoms with Crippen LogP contribution in [0.15, 0.2) is 139 Å². The van der Waals surface area contributed by atoms with Gasteiger partial charge in [-0.05, 0) is 205 Å². The van der Waals surface area contributed by atoms with E-state index in [1.807, 2.05) is 0 Å². The lowest BCUT2D eigenvalue weighted by Crippen LogP contribution is -2.24. The summed E-state index contributed by atoms with van der Waals surface area (Å²) in [6.07, 6.45) is 45.5. The van der Waals surface area contributed by atoms with Crippen LogP contribution >= 0.6 is 0 Å². The van der Waals surface area contributed by atoms with E-state index in [0.29, 0.717) is 17.6 Å². The van der Waals surface area contributed by atoms with Crippen molar-refractivity contribution in [1.82, 2.24) is 0 Å². The summed E-state index contributed by atoms with van der Waals surface area (Å²) in [7, 11) is 2.78. The molecule has 0 heterocycles. The number of rotatable bonds is 32. The Morgan fingerprint density at radius 2 is 0.578 bits per heavy atom. The number of ether oxygens (including phenoxy) is 2. The van der Waals surface area contributed by atoms with Crippen molar-refractivity contribution < 1.29 is 19.1 Å². The third-order valence-corrected chi connectivity index (χ3v) is 12.6. The maximum absolute atomic E-state index is 12.9. The molecule has 0 aromatic heterocycles. The number of carbonyl (C=O) groups excluding carboxylic acids is 2.